The molecule has 0 amide bonds. The maximum Gasteiger partial charge on any atom is 0.0545 e. The lowest BCUT2D eigenvalue weighted by Gasteiger charge is -2.15. The van der Waals surface area contributed by atoms with E-state index in [4.69, 9.17) is 5.73 Å². The number of aryl methyl sites for hydroxylation is 2. The van der Waals surface area contributed by atoms with Crippen LogP contribution in [-0.4, -0.2) is 16.0 Å². The first-order valence-electron chi connectivity index (χ1n) is 6.33. The van der Waals surface area contributed by atoms with E-state index in [2.05, 4.69) is 26.0 Å². The fourth-order valence-corrected chi connectivity index (χ4v) is 3.57. The Morgan fingerprint density at radius 1 is 1.29 bits per heavy atom. The summed E-state index contributed by atoms with van der Waals surface area (Å²) < 4.78 is 12.2. The van der Waals surface area contributed by atoms with Crippen LogP contribution in [0, 0.1) is 5.92 Å². The van der Waals surface area contributed by atoms with Crippen molar-refractivity contribution < 1.29 is 4.21 Å². The van der Waals surface area contributed by atoms with Crippen LogP contribution in [-0.2, 0) is 23.6 Å². The molecular weight excluding hydrogens is 230 g/mol. The Hall–Kier alpha value is -0.670. The zero-order chi connectivity index (χ0) is 12.4. The molecule has 0 aliphatic heterocycles. The van der Waals surface area contributed by atoms with Crippen molar-refractivity contribution in [2.24, 2.45) is 11.7 Å². The van der Waals surface area contributed by atoms with Gasteiger partial charge < -0.3 is 5.73 Å². The van der Waals surface area contributed by atoms with Crippen LogP contribution in [0.4, 0.5) is 0 Å². The average molecular weight is 251 g/mol. The van der Waals surface area contributed by atoms with Crippen LogP contribution in [0.25, 0.3) is 0 Å². The number of benzene rings is 1. The summed E-state index contributed by atoms with van der Waals surface area (Å²) in [7, 11) is -0.951. The van der Waals surface area contributed by atoms with E-state index in [1.807, 2.05) is 6.07 Å². The molecule has 1 aliphatic carbocycles. The molecule has 3 heteroatoms. The Morgan fingerprint density at radius 2 is 2.00 bits per heavy atom. The second kappa shape index (κ2) is 5.32. The van der Waals surface area contributed by atoms with Crippen molar-refractivity contribution in [2.75, 3.05) is 5.75 Å². The van der Waals surface area contributed by atoms with Crippen LogP contribution in [0.1, 0.15) is 31.4 Å². The van der Waals surface area contributed by atoms with Gasteiger partial charge in [-0.05, 0) is 48.4 Å². The van der Waals surface area contributed by atoms with Gasteiger partial charge in [0, 0.05) is 16.7 Å². The maximum absolute atomic E-state index is 12.2. The largest absolute Gasteiger partial charge is 0.327 e. The Labute approximate surface area is 106 Å². The molecule has 2 nitrogen and oxygen atoms in total. The minimum atomic E-state index is -0.951. The van der Waals surface area contributed by atoms with E-state index in [0.717, 1.165) is 11.3 Å². The molecule has 0 saturated carbocycles. The number of hydrogen-bond acceptors (Lipinski definition) is 2. The summed E-state index contributed by atoms with van der Waals surface area (Å²) in [5.41, 5.74) is 8.79. The van der Waals surface area contributed by atoms with E-state index in [9.17, 15) is 4.21 Å². The van der Waals surface area contributed by atoms with E-state index < -0.39 is 10.8 Å². The predicted molar refractivity (Wildman–Crippen MR) is 72.6 cm³/mol. The van der Waals surface area contributed by atoms with Crippen molar-refractivity contribution in [3.8, 4) is 0 Å². The molecule has 2 atom stereocenters. The van der Waals surface area contributed by atoms with Crippen LogP contribution in [0.2, 0.25) is 0 Å². The Bertz CT molecular complexity index is 428. The minimum absolute atomic E-state index is 0.0177. The second-order valence-corrected chi connectivity index (χ2v) is 6.70. The van der Waals surface area contributed by atoms with Gasteiger partial charge in [-0.25, -0.2) is 0 Å². The molecular formula is C14H21NOS. The van der Waals surface area contributed by atoms with E-state index in [1.54, 1.807) is 0 Å². The minimum Gasteiger partial charge on any atom is -0.327 e. The van der Waals surface area contributed by atoms with Gasteiger partial charge in [-0.1, -0.05) is 19.9 Å². The SMILES string of the molecule is CC(C)C(N)CS(=O)c1ccc2c(c1)CCC2. The van der Waals surface area contributed by atoms with Gasteiger partial charge in [0.15, 0.2) is 0 Å². The predicted octanol–water partition coefficient (Wildman–Crippen LogP) is 2.27. The molecule has 0 saturated heterocycles. The average Bonchev–Trinajstić information content (AvgIpc) is 2.75. The monoisotopic (exact) mass is 251 g/mol. The first-order valence-corrected chi connectivity index (χ1v) is 7.65. The standard InChI is InChI=1S/C14H21NOS/c1-10(2)14(15)9-17(16)13-7-6-11-4-3-5-12(11)8-13/h6-8,10,14H,3-5,9,15H2,1-2H3. The fourth-order valence-electron chi connectivity index (χ4n) is 2.15. The normalized spacial score (nSPS) is 18.1. The number of rotatable bonds is 4. The van der Waals surface area contributed by atoms with Crippen LogP contribution < -0.4 is 5.73 Å². The second-order valence-electron chi connectivity index (χ2n) is 5.20. The molecule has 2 rings (SSSR count). The van der Waals surface area contributed by atoms with E-state index >= 15 is 0 Å². The molecule has 0 radical (unpaired) electrons. The lowest BCUT2D eigenvalue weighted by atomic mass is 10.1. The number of hydrogen-bond donors (Lipinski definition) is 1. The van der Waals surface area contributed by atoms with Gasteiger partial charge in [-0.2, -0.15) is 0 Å². The zero-order valence-corrected chi connectivity index (χ0v) is 11.4. The summed E-state index contributed by atoms with van der Waals surface area (Å²) in [6.45, 7) is 4.15. The van der Waals surface area contributed by atoms with Gasteiger partial charge in [-0.15, -0.1) is 0 Å². The molecule has 2 unspecified atom stereocenters. The Kier molecular flexibility index (Phi) is 4.00. The molecule has 1 aromatic rings. The van der Waals surface area contributed by atoms with Gasteiger partial charge in [0.25, 0.3) is 0 Å². The molecule has 2 N–H and O–H groups in total. The van der Waals surface area contributed by atoms with Crippen LogP contribution >= 0.6 is 0 Å². The quantitative estimate of drug-likeness (QED) is 0.892. The highest BCUT2D eigenvalue weighted by Gasteiger charge is 2.16. The number of fused-ring (bicyclic) bond motifs is 1. The smallest absolute Gasteiger partial charge is 0.0545 e. The molecule has 1 aliphatic rings. The zero-order valence-electron chi connectivity index (χ0n) is 10.6. The highest BCUT2D eigenvalue weighted by Crippen LogP contribution is 2.24. The van der Waals surface area contributed by atoms with Gasteiger partial charge in [0.2, 0.25) is 0 Å². The summed E-state index contributed by atoms with van der Waals surface area (Å²) in [5, 5.41) is 0. The molecule has 1 aromatic carbocycles. The fraction of sp³-hybridized carbons (Fsp3) is 0.571. The molecule has 0 bridgehead atoms. The Balaban J connectivity index is 2.10. The van der Waals surface area contributed by atoms with Gasteiger partial charge in [-0.3, -0.25) is 4.21 Å². The topological polar surface area (TPSA) is 43.1 Å². The van der Waals surface area contributed by atoms with Crippen molar-refractivity contribution in [1.82, 2.24) is 0 Å². The van der Waals surface area contributed by atoms with Crippen LogP contribution in [0.15, 0.2) is 23.1 Å². The third-order valence-corrected chi connectivity index (χ3v) is 5.00. The van der Waals surface area contributed by atoms with Crippen molar-refractivity contribution >= 4 is 10.8 Å². The molecule has 0 spiro atoms. The summed E-state index contributed by atoms with van der Waals surface area (Å²) in [4.78, 5) is 0.946. The van der Waals surface area contributed by atoms with Crippen molar-refractivity contribution in [1.29, 1.82) is 0 Å². The maximum atomic E-state index is 12.2. The van der Waals surface area contributed by atoms with Gasteiger partial charge in [0.05, 0.1) is 10.8 Å². The van der Waals surface area contributed by atoms with E-state index in [-0.39, 0.29) is 6.04 Å². The molecule has 0 aromatic heterocycles. The lowest BCUT2D eigenvalue weighted by Crippen LogP contribution is -2.32. The summed E-state index contributed by atoms with van der Waals surface area (Å²) >= 11 is 0. The molecule has 17 heavy (non-hydrogen) atoms. The molecule has 0 heterocycles. The first kappa shape index (κ1) is 12.8. The Morgan fingerprint density at radius 3 is 2.71 bits per heavy atom. The van der Waals surface area contributed by atoms with E-state index in [1.165, 1.54) is 24.0 Å². The summed E-state index contributed by atoms with van der Waals surface area (Å²) in [6.07, 6.45) is 3.54. The van der Waals surface area contributed by atoms with Crippen molar-refractivity contribution in [2.45, 2.75) is 44.0 Å². The third-order valence-electron chi connectivity index (χ3n) is 3.53. The number of nitrogens with two attached hydrogens (primary N) is 1. The highest BCUT2D eigenvalue weighted by atomic mass is 32.2. The summed E-state index contributed by atoms with van der Waals surface area (Å²) in [5.74, 6) is 0.949. The lowest BCUT2D eigenvalue weighted by molar-refractivity contribution is 0.530. The summed E-state index contributed by atoms with van der Waals surface area (Å²) in [6, 6.07) is 6.28. The molecule has 94 valence electrons. The highest BCUT2D eigenvalue weighted by molar-refractivity contribution is 7.85. The van der Waals surface area contributed by atoms with Crippen molar-refractivity contribution in [3.63, 3.8) is 0 Å². The van der Waals surface area contributed by atoms with E-state index in [0.29, 0.717) is 11.7 Å². The van der Waals surface area contributed by atoms with Gasteiger partial charge >= 0.3 is 0 Å². The third kappa shape index (κ3) is 2.96. The van der Waals surface area contributed by atoms with Crippen LogP contribution in [0.3, 0.4) is 0 Å². The van der Waals surface area contributed by atoms with Crippen LogP contribution in [0.5, 0.6) is 0 Å². The van der Waals surface area contributed by atoms with Crippen molar-refractivity contribution in [3.05, 3.63) is 29.3 Å². The molecule has 0 fully saturated rings. The van der Waals surface area contributed by atoms with Gasteiger partial charge in [0.1, 0.15) is 0 Å². The first-order chi connectivity index (χ1) is 8.08.